The standard InChI is InChI=1S/C15H13N3O3/c1-20-11-4-2-3-9(7-11)14-17-15(21-18-14)10-5-6-13(19)12(16)8-10/h2-8,19H,16H2,1H3. The summed E-state index contributed by atoms with van der Waals surface area (Å²) in [5.74, 6) is 1.52. The number of ether oxygens (including phenoxy) is 1. The van der Waals surface area contributed by atoms with Gasteiger partial charge in [-0.05, 0) is 30.3 Å². The Kier molecular flexibility index (Phi) is 3.19. The topological polar surface area (TPSA) is 94.4 Å². The van der Waals surface area contributed by atoms with Crippen LogP contribution in [0.3, 0.4) is 0 Å². The minimum Gasteiger partial charge on any atom is -0.506 e. The van der Waals surface area contributed by atoms with Crippen molar-refractivity contribution in [1.29, 1.82) is 0 Å². The van der Waals surface area contributed by atoms with Crippen molar-refractivity contribution >= 4 is 5.69 Å². The Labute approximate surface area is 120 Å². The maximum Gasteiger partial charge on any atom is 0.258 e. The summed E-state index contributed by atoms with van der Waals surface area (Å²) in [6, 6.07) is 12.1. The number of rotatable bonds is 3. The molecule has 1 aromatic heterocycles. The molecule has 1 heterocycles. The van der Waals surface area contributed by atoms with Crippen LogP contribution in [0, 0.1) is 0 Å². The van der Waals surface area contributed by atoms with Gasteiger partial charge in [-0.25, -0.2) is 0 Å². The zero-order chi connectivity index (χ0) is 14.8. The van der Waals surface area contributed by atoms with Gasteiger partial charge in [-0.15, -0.1) is 0 Å². The molecule has 0 aliphatic rings. The predicted octanol–water partition coefficient (Wildman–Crippen LogP) is 2.70. The number of nitrogens with two attached hydrogens (primary N) is 1. The fraction of sp³-hybridized carbons (Fsp3) is 0.0667. The van der Waals surface area contributed by atoms with Gasteiger partial charge in [-0.2, -0.15) is 4.98 Å². The molecule has 0 unspecified atom stereocenters. The summed E-state index contributed by atoms with van der Waals surface area (Å²) < 4.78 is 10.4. The molecular formula is C15H13N3O3. The van der Waals surface area contributed by atoms with E-state index in [1.807, 2.05) is 24.3 Å². The third-order valence-corrected chi connectivity index (χ3v) is 3.03. The normalized spacial score (nSPS) is 10.5. The van der Waals surface area contributed by atoms with Crippen molar-refractivity contribution in [3.8, 4) is 34.3 Å². The van der Waals surface area contributed by atoms with E-state index in [2.05, 4.69) is 10.1 Å². The average molecular weight is 283 g/mol. The number of methoxy groups -OCH3 is 1. The Hall–Kier alpha value is -3.02. The number of nitrogen functional groups attached to an aromatic ring is 1. The lowest BCUT2D eigenvalue weighted by Gasteiger charge is -2.00. The molecule has 3 rings (SSSR count). The number of benzene rings is 2. The number of phenols is 1. The molecule has 6 nitrogen and oxygen atoms in total. The van der Waals surface area contributed by atoms with Gasteiger partial charge < -0.3 is 20.1 Å². The van der Waals surface area contributed by atoms with E-state index in [1.165, 1.54) is 6.07 Å². The highest BCUT2D eigenvalue weighted by Gasteiger charge is 2.12. The minimum atomic E-state index is 0.0197. The van der Waals surface area contributed by atoms with E-state index in [0.717, 1.165) is 5.56 Å². The molecule has 21 heavy (non-hydrogen) atoms. The van der Waals surface area contributed by atoms with Crippen LogP contribution in [-0.4, -0.2) is 22.4 Å². The van der Waals surface area contributed by atoms with Crippen LogP contribution in [0.5, 0.6) is 11.5 Å². The summed E-state index contributed by atoms with van der Waals surface area (Å²) in [6.45, 7) is 0. The zero-order valence-corrected chi connectivity index (χ0v) is 11.3. The molecule has 3 aromatic rings. The van der Waals surface area contributed by atoms with Crippen LogP contribution in [0.15, 0.2) is 47.0 Å². The molecule has 0 aliphatic heterocycles. The van der Waals surface area contributed by atoms with E-state index in [4.69, 9.17) is 15.0 Å². The fourth-order valence-electron chi connectivity index (χ4n) is 1.91. The van der Waals surface area contributed by atoms with Gasteiger partial charge in [0.1, 0.15) is 11.5 Å². The molecule has 0 saturated carbocycles. The third-order valence-electron chi connectivity index (χ3n) is 3.03. The highest BCUT2D eigenvalue weighted by molar-refractivity contribution is 5.66. The van der Waals surface area contributed by atoms with Crippen molar-refractivity contribution in [1.82, 2.24) is 10.1 Å². The van der Waals surface area contributed by atoms with Crippen LogP contribution in [-0.2, 0) is 0 Å². The molecule has 0 saturated heterocycles. The Morgan fingerprint density at radius 3 is 2.76 bits per heavy atom. The largest absolute Gasteiger partial charge is 0.506 e. The lowest BCUT2D eigenvalue weighted by Crippen LogP contribution is -1.87. The van der Waals surface area contributed by atoms with E-state index in [1.54, 1.807) is 19.2 Å². The lowest BCUT2D eigenvalue weighted by atomic mass is 10.2. The van der Waals surface area contributed by atoms with Crippen molar-refractivity contribution in [2.45, 2.75) is 0 Å². The van der Waals surface area contributed by atoms with Crippen LogP contribution >= 0.6 is 0 Å². The van der Waals surface area contributed by atoms with Gasteiger partial charge in [0.05, 0.1) is 12.8 Å². The monoisotopic (exact) mass is 283 g/mol. The second-order valence-corrected chi connectivity index (χ2v) is 4.43. The SMILES string of the molecule is COc1cccc(-c2noc(-c3ccc(O)c(N)c3)n2)c1. The van der Waals surface area contributed by atoms with Crippen LogP contribution in [0.1, 0.15) is 0 Å². The second kappa shape index (κ2) is 5.16. The highest BCUT2D eigenvalue weighted by atomic mass is 16.5. The first-order chi connectivity index (χ1) is 10.2. The number of phenolic OH excluding ortho intramolecular Hbond substituents is 1. The highest BCUT2D eigenvalue weighted by Crippen LogP contribution is 2.28. The average Bonchev–Trinajstić information content (AvgIpc) is 3.00. The van der Waals surface area contributed by atoms with Gasteiger partial charge in [0.2, 0.25) is 5.82 Å². The molecule has 2 aromatic carbocycles. The van der Waals surface area contributed by atoms with E-state index in [-0.39, 0.29) is 11.4 Å². The molecule has 0 aliphatic carbocycles. The van der Waals surface area contributed by atoms with Gasteiger partial charge >= 0.3 is 0 Å². The van der Waals surface area contributed by atoms with Crippen LogP contribution in [0.4, 0.5) is 5.69 Å². The van der Waals surface area contributed by atoms with Crippen molar-refractivity contribution in [2.75, 3.05) is 12.8 Å². The number of anilines is 1. The summed E-state index contributed by atoms with van der Waals surface area (Å²) in [5, 5.41) is 13.4. The van der Waals surface area contributed by atoms with Crippen LogP contribution in [0.2, 0.25) is 0 Å². The van der Waals surface area contributed by atoms with Gasteiger partial charge in [-0.1, -0.05) is 17.3 Å². The molecule has 0 fully saturated rings. The molecule has 0 bridgehead atoms. The maximum absolute atomic E-state index is 9.43. The first-order valence-electron chi connectivity index (χ1n) is 6.24. The van der Waals surface area contributed by atoms with E-state index >= 15 is 0 Å². The summed E-state index contributed by atoms with van der Waals surface area (Å²) in [7, 11) is 1.60. The summed E-state index contributed by atoms with van der Waals surface area (Å²) in [6.07, 6.45) is 0. The summed E-state index contributed by atoms with van der Waals surface area (Å²) >= 11 is 0. The van der Waals surface area contributed by atoms with Crippen molar-refractivity contribution in [3.63, 3.8) is 0 Å². The molecule has 3 N–H and O–H groups in total. The number of hydrogen-bond donors (Lipinski definition) is 2. The lowest BCUT2D eigenvalue weighted by molar-refractivity contribution is 0.414. The van der Waals surface area contributed by atoms with Crippen LogP contribution < -0.4 is 10.5 Å². The minimum absolute atomic E-state index is 0.0197. The number of aromatic nitrogens is 2. The quantitative estimate of drug-likeness (QED) is 0.567. The van der Waals surface area contributed by atoms with Gasteiger partial charge in [0, 0.05) is 11.1 Å². The first-order valence-corrected chi connectivity index (χ1v) is 6.24. The Balaban J connectivity index is 1.97. The number of aromatic hydroxyl groups is 1. The van der Waals surface area contributed by atoms with Crippen molar-refractivity contribution in [2.24, 2.45) is 0 Å². The van der Waals surface area contributed by atoms with Gasteiger partial charge in [0.15, 0.2) is 0 Å². The molecule has 0 radical (unpaired) electrons. The molecule has 0 atom stereocenters. The van der Waals surface area contributed by atoms with E-state index < -0.39 is 0 Å². The molecule has 106 valence electrons. The zero-order valence-electron chi connectivity index (χ0n) is 11.3. The Morgan fingerprint density at radius 1 is 1.14 bits per heavy atom. The summed E-state index contributed by atoms with van der Waals surface area (Å²) in [5.41, 5.74) is 7.35. The summed E-state index contributed by atoms with van der Waals surface area (Å²) in [4.78, 5) is 4.33. The Bertz CT molecular complexity index is 783. The molecular weight excluding hydrogens is 270 g/mol. The molecule has 6 heteroatoms. The molecule has 0 spiro atoms. The van der Waals surface area contributed by atoms with E-state index in [9.17, 15) is 5.11 Å². The van der Waals surface area contributed by atoms with Crippen molar-refractivity contribution < 1.29 is 14.4 Å². The first kappa shape index (κ1) is 13.0. The fourth-order valence-corrected chi connectivity index (χ4v) is 1.91. The van der Waals surface area contributed by atoms with Gasteiger partial charge in [-0.3, -0.25) is 0 Å². The van der Waals surface area contributed by atoms with E-state index in [0.29, 0.717) is 23.0 Å². The molecule has 0 amide bonds. The van der Waals surface area contributed by atoms with Crippen molar-refractivity contribution in [3.05, 3.63) is 42.5 Å². The number of hydrogen-bond acceptors (Lipinski definition) is 6. The smallest absolute Gasteiger partial charge is 0.258 e. The maximum atomic E-state index is 9.43. The van der Waals surface area contributed by atoms with Gasteiger partial charge in [0.25, 0.3) is 5.89 Å². The Morgan fingerprint density at radius 2 is 2.00 bits per heavy atom. The second-order valence-electron chi connectivity index (χ2n) is 4.43. The van der Waals surface area contributed by atoms with Crippen LogP contribution in [0.25, 0.3) is 22.8 Å². The number of nitrogens with zero attached hydrogens (tertiary/aromatic N) is 2. The predicted molar refractivity (Wildman–Crippen MR) is 77.8 cm³/mol. The third kappa shape index (κ3) is 2.51.